The van der Waals surface area contributed by atoms with Crippen molar-refractivity contribution in [1.82, 2.24) is 0 Å². The van der Waals surface area contributed by atoms with Crippen LogP contribution in [0.25, 0.3) is 0 Å². The molecule has 1 aliphatic carbocycles. The van der Waals surface area contributed by atoms with Crippen molar-refractivity contribution >= 4 is 11.9 Å². The number of benzene rings is 2. The maximum Gasteiger partial charge on any atom is 0.343 e. The van der Waals surface area contributed by atoms with Gasteiger partial charge in [-0.25, -0.2) is 4.79 Å². The molecule has 0 aromatic heterocycles. The first-order valence-corrected chi connectivity index (χ1v) is 9.21. The first-order valence-electron chi connectivity index (χ1n) is 9.21. The molecular formula is C22H24O4. The van der Waals surface area contributed by atoms with Crippen molar-refractivity contribution in [3.63, 3.8) is 0 Å². The molecule has 3 rings (SSSR count). The maximum absolute atomic E-state index is 12.4. The molecule has 1 saturated carbocycles. The summed E-state index contributed by atoms with van der Waals surface area (Å²) in [5.74, 6) is -0.607. The lowest BCUT2D eigenvalue weighted by Gasteiger charge is -2.23. The predicted octanol–water partition coefficient (Wildman–Crippen LogP) is 4.89. The summed E-state index contributed by atoms with van der Waals surface area (Å²) in [5.41, 5.74) is 1.27. The van der Waals surface area contributed by atoms with E-state index < -0.39 is 11.9 Å². The van der Waals surface area contributed by atoms with Gasteiger partial charge in [-0.1, -0.05) is 36.8 Å². The molecule has 0 radical (unpaired) electrons. The smallest absolute Gasteiger partial charge is 0.343 e. The quantitative estimate of drug-likeness (QED) is 0.568. The minimum Gasteiger partial charge on any atom is -0.462 e. The van der Waals surface area contributed by atoms with E-state index in [-0.39, 0.29) is 12.1 Å². The van der Waals surface area contributed by atoms with Crippen molar-refractivity contribution in [3.8, 4) is 5.75 Å². The fourth-order valence-corrected chi connectivity index (χ4v) is 3.17. The van der Waals surface area contributed by atoms with E-state index in [1.165, 1.54) is 6.42 Å². The molecule has 1 fully saturated rings. The number of ether oxygens (including phenoxy) is 2. The molecule has 0 aliphatic heterocycles. The SMILES string of the molecule is CC(C(=O)OC1CCCCC1)c1cccc(OC(=O)c2ccccc2)c1. The van der Waals surface area contributed by atoms with Crippen LogP contribution in [0.15, 0.2) is 54.6 Å². The number of hydrogen-bond acceptors (Lipinski definition) is 4. The van der Waals surface area contributed by atoms with Gasteiger partial charge in [-0.2, -0.15) is 0 Å². The average molecular weight is 352 g/mol. The van der Waals surface area contributed by atoms with Gasteiger partial charge in [0.1, 0.15) is 11.9 Å². The zero-order valence-electron chi connectivity index (χ0n) is 15.0. The van der Waals surface area contributed by atoms with Crippen molar-refractivity contribution in [2.24, 2.45) is 0 Å². The minimum atomic E-state index is -0.416. The maximum atomic E-state index is 12.4. The minimum absolute atomic E-state index is 0.0396. The number of hydrogen-bond donors (Lipinski definition) is 0. The van der Waals surface area contributed by atoms with E-state index in [2.05, 4.69) is 0 Å². The average Bonchev–Trinajstić information content (AvgIpc) is 2.69. The number of carbonyl (C=O) groups is 2. The molecule has 1 unspecified atom stereocenters. The number of esters is 2. The predicted molar refractivity (Wildman–Crippen MR) is 99.2 cm³/mol. The Morgan fingerprint density at radius 2 is 1.69 bits per heavy atom. The van der Waals surface area contributed by atoms with Crippen LogP contribution in [-0.4, -0.2) is 18.0 Å². The van der Waals surface area contributed by atoms with Crippen molar-refractivity contribution < 1.29 is 19.1 Å². The van der Waals surface area contributed by atoms with Gasteiger partial charge in [0.25, 0.3) is 0 Å². The Balaban J connectivity index is 1.64. The van der Waals surface area contributed by atoms with Gasteiger partial charge >= 0.3 is 11.9 Å². The molecule has 2 aromatic carbocycles. The molecule has 26 heavy (non-hydrogen) atoms. The summed E-state index contributed by atoms with van der Waals surface area (Å²) in [7, 11) is 0. The van der Waals surface area contributed by atoms with Gasteiger partial charge in [-0.05, 0) is 62.4 Å². The van der Waals surface area contributed by atoms with Crippen molar-refractivity contribution in [2.45, 2.75) is 51.0 Å². The van der Waals surface area contributed by atoms with E-state index in [0.29, 0.717) is 11.3 Å². The van der Waals surface area contributed by atoms with Crippen molar-refractivity contribution in [3.05, 3.63) is 65.7 Å². The van der Waals surface area contributed by atoms with Crippen LogP contribution in [0.1, 0.15) is 60.9 Å². The number of carbonyl (C=O) groups excluding carboxylic acids is 2. The summed E-state index contributed by atoms with van der Waals surface area (Å²) in [5, 5.41) is 0. The molecule has 0 saturated heterocycles. The van der Waals surface area contributed by atoms with Crippen LogP contribution in [0.2, 0.25) is 0 Å². The summed E-state index contributed by atoms with van der Waals surface area (Å²) in [6.07, 6.45) is 5.41. The molecule has 0 heterocycles. The molecular weight excluding hydrogens is 328 g/mol. The van der Waals surface area contributed by atoms with Gasteiger partial charge in [0.15, 0.2) is 0 Å². The summed E-state index contributed by atoms with van der Waals surface area (Å²) < 4.78 is 11.1. The topological polar surface area (TPSA) is 52.6 Å². The van der Waals surface area contributed by atoms with Gasteiger partial charge in [0, 0.05) is 0 Å². The second kappa shape index (κ2) is 8.65. The van der Waals surface area contributed by atoms with E-state index in [9.17, 15) is 9.59 Å². The third-order valence-electron chi connectivity index (χ3n) is 4.77. The largest absolute Gasteiger partial charge is 0.462 e. The zero-order chi connectivity index (χ0) is 18.4. The van der Waals surface area contributed by atoms with Gasteiger partial charge in [-0.3, -0.25) is 4.79 Å². The Labute approximate surface area is 154 Å². The van der Waals surface area contributed by atoms with Crippen LogP contribution < -0.4 is 4.74 Å². The molecule has 0 amide bonds. The first-order chi connectivity index (χ1) is 12.6. The van der Waals surface area contributed by atoms with Crippen LogP contribution in [0.3, 0.4) is 0 Å². The second-order valence-electron chi connectivity index (χ2n) is 6.75. The fourth-order valence-electron chi connectivity index (χ4n) is 3.17. The molecule has 1 atom stereocenters. The molecule has 4 nitrogen and oxygen atoms in total. The Morgan fingerprint density at radius 1 is 0.962 bits per heavy atom. The second-order valence-corrected chi connectivity index (χ2v) is 6.75. The molecule has 2 aromatic rings. The molecule has 136 valence electrons. The fraction of sp³-hybridized carbons (Fsp3) is 0.364. The van der Waals surface area contributed by atoms with Crippen molar-refractivity contribution in [2.75, 3.05) is 0 Å². The van der Waals surface area contributed by atoms with E-state index in [0.717, 1.165) is 31.2 Å². The van der Waals surface area contributed by atoms with E-state index in [1.54, 1.807) is 42.5 Å². The molecule has 1 aliphatic rings. The first kappa shape index (κ1) is 18.2. The van der Waals surface area contributed by atoms with Crippen LogP contribution in [0.5, 0.6) is 5.75 Å². The monoisotopic (exact) mass is 352 g/mol. The zero-order valence-corrected chi connectivity index (χ0v) is 15.0. The lowest BCUT2D eigenvalue weighted by Crippen LogP contribution is -2.24. The van der Waals surface area contributed by atoms with Crippen molar-refractivity contribution in [1.29, 1.82) is 0 Å². The van der Waals surface area contributed by atoms with Gasteiger partial charge in [0.2, 0.25) is 0 Å². The summed E-state index contributed by atoms with van der Waals surface area (Å²) in [6.45, 7) is 1.82. The third-order valence-corrected chi connectivity index (χ3v) is 4.77. The standard InChI is InChI=1S/C22H24O4/c1-16(21(23)25-19-12-6-3-7-13-19)18-11-8-14-20(15-18)26-22(24)17-9-4-2-5-10-17/h2,4-5,8-11,14-16,19H,3,6-7,12-13H2,1H3. The lowest BCUT2D eigenvalue weighted by molar-refractivity contribution is -0.151. The van der Waals surface area contributed by atoms with E-state index >= 15 is 0 Å². The highest BCUT2D eigenvalue weighted by Crippen LogP contribution is 2.26. The summed E-state index contributed by atoms with van der Waals surface area (Å²) in [6, 6.07) is 15.9. The van der Waals surface area contributed by atoms with Crippen LogP contribution in [0.4, 0.5) is 0 Å². The van der Waals surface area contributed by atoms with E-state index in [1.807, 2.05) is 19.1 Å². The van der Waals surface area contributed by atoms with Gasteiger partial charge in [0.05, 0.1) is 11.5 Å². The van der Waals surface area contributed by atoms with Crippen LogP contribution >= 0.6 is 0 Å². The summed E-state index contributed by atoms with van der Waals surface area (Å²) in [4.78, 5) is 24.6. The van der Waals surface area contributed by atoms with Gasteiger partial charge in [-0.15, -0.1) is 0 Å². The highest BCUT2D eigenvalue weighted by atomic mass is 16.5. The Kier molecular flexibility index (Phi) is 6.05. The molecule has 0 N–H and O–H groups in total. The third kappa shape index (κ3) is 4.72. The Morgan fingerprint density at radius 3 is 2.42 bits per heavy atom. The molecule has 4 heteroatoms. The van der Waals surface area contributed by atoms with Gasteiger partial charge < -0.3 is 9.47 Å². The highest BCUT2D eigenvalue weighted by Gasteiger charge is 2.23. The normalized spacial score (nSPS) is 15.9. The number of rotatable bonds is 5. The molecule has 0 spiro atoms. The highest BCUT2D eigenvalue weighted by molar-refractivity contribution is 5.91. The van der Waals surface area contributed by atoms with E-state index in [4.69, 9.17) is 9.47 Å². The summed E-state index contributed by atoms with van der Waals surface area (Å²) >= 11 is 0. The Hall–Kier alpha value is -2.62. The molecule has 0 bridgehead atoms. The lowest BCUT2D eigenvalue weighted by atomic mass is 9.97. The Bertz CT molecular complexity index is 748. The van der Waals surface area contributed by atoms with Crippen LogP contribution in [0, 0.1) is 0 Å². The van der Waals surface area contributed by atoms with Crippen LogP contribution in [-0.2, 0) is 9.53 Å².